The van der Waals surface area contributed by atoms with Crippen LogP contribution < -0.4 is 5.32 Å². The van der Waals surface area contributed by atoms with Gasteiger partial charge in [-0.2, -0.15) is 5.26 Å². The molecule has 0 amide bonds. The van der Waals surface area contributed by atoms with E-state index in [4.69, 9.17) is 0 Å². The maximum absolute atomic E-state index is 13.8. The molecular weight excluding hydrogens is 263 g/mol. The quantitative estimate of drug-likeness (QED) is 0.916. The highest BCUT2D eigenvalue weighted by molar-refractivity contribution is 5.50. The lowest BCUT2D eigenvalue weighted by Gasteiger charge is -2.43. The van der Waals surface area contributed by atoms with Crippen molar-refractivity contribution in [3.05, 3.63) is 65.5 Å². The molecule has 1 aliphatic rings. The number of hydrogen-bond acceptors (Lipinski definition) is 2. The van der Waals surface area contributed by atoms with E-state index < -0.39 is 5.41 Å². The number of hydrogen-bond donors (Lipinski definition) is 1. The van der Waals surface area contributed by atoms with Crippen LogP contribution in [0.5, 0.6) is 0 Å². The molecule has 2 aromatic rings. The van der Waals surface area contributed by atoms with Gasteiger partial charge < -0.3 is 5.32 Å². The molecular formula is C18H17FN2. The van der Waals surface area contributed by atoms with Crippen LogP contribution >= 0.6 is 0 Å². The summed E-state index contributed by atoms with van der Waals surface area (Å²) < 4.78 is 13.8. The monoisotopic (exact) mass is 280 g/mol. The van der Waals surface area contributed by atoms with Gasteiger partial charge in [0, 0.05) is 6.04 Å². The van der Waals surface area contributed by atoms with Crippen molar-refractivity contribution in [2.75, 3.05) is 5.32 Å². The van der Waals surface area contributed by atoms with Gasteiger partial charge in [0.05, 0.1) is 17.2 Å². The minimum atomic E-state index is -0.431. The van der Waals surface area contributed by atoms with Crippen LogP contribution in [0.1, 0.15) is 24.0 Å². The highest BCUT2D eigenvalue weighted by Gasteiger charge is 2.46. The van der Waals surface area contributed by atoms with Gasteiger partial charge in [-0.1, -0.05) is 36.4 Å². The Hall–Kier alpha value is -2.34. The third-order valence-electron chi connectivity index (χ3n) is 4.21. The summed E-state index contributed by atoms with van der Waals surface area (Å²) in [6, 6.07) is 17.5. The van der Waals surface area contributed by atoms with E-state index in [0.29, 0.717) is 18.5 Å². The van der Waals surface area contributed by atoms with E-state index in [1.807, 2.05) is 43.3 Å². The Bertz CT molecular complexity index is 682. The van der Waals surface area contributed by atoms with Crippen molar-refractivity contribution in [2.45, 2.75) is 31.2 Å². The van der Waals surface area contributed by atoms with E-state index >= 15 is 0 Å². The lowest BCUT2D eigenvalue weighted by molar-refractivity contribution is 0.289. The first-order chi connectivity index (χ1) is 10.1. The average molecular weight is 280 g/mol. The first kappa shape index (κ1) is 13.6. The van der Waals surface area contributed by atoms with Crippen molar-refractivity contribution in [3.63, 3.8) is 0 Å². The number of halogens is 1. The molecule has 1 fully saturated rings. The second-order valence-electron chi connectivity index (χ2n) is 5.79. The Balaban J connectivity index is 1.73. The number of benzene rings is 2. The molecule has 3 heteroatoms. The minimum Gasteiger partial charge on any atom is -0.380 e. The molecule has 2 nitrogen and oxygen atoms in total. The van der Waals surface area contributed by atoms with E-state index in [1.54, 1.807) is 6.07 Å². The van der Waals surface area contributed by atoms with Gasteiger partial charge in [0.2, 0.25) is 0 Å². The van der Waals surface area contributed by atoms with E-state index in [1.165, 1.54) is 6.07 Å². The van der Waals surface area contributed by atoms with Crippen molar-refractivity contribution in [1.29, 1.82) is 5.26 Å². The molecule has 0 radical (unpaired) electrons. The Morgan fingerprint density at radius 3 is 2.57 bits per heavy atom. The number of rotatable bonds is 3. The van der Waals surface area contributed by atoms with Crippen LogP contribution in [0.4, 0.5) is 10.1 Å². The normalized spacial score (nSPS) is 24.0. The molecule has 0 spiro atoms. The topological polar surface area (TPSA) is 35.8 Å². The molecule has 21 heavy (non-hydrogen) atoms. The predicted molar refractivity (Wildman–Crippen MR) is 81.5 cm³/mol. The van der Waals surface area contributed by atoms with Crippen molar-refractivity contribution < 1.29 is 4.39 Å². The number of anilines is 1. The third-order valence-corrected chi connectivity index (χ3v) is 4.21. The lowest BCUT2D eigenvalue weighted by atomic mass is 9.62. The fraction of sp³-hybridized carbons (Fsp3) is 0.278. The maximum Gasteiger partial charge on any atom is 0.146 e. The second kappa shape index (κ2) is 5.21. The van der Waals surface area contributed by atoms with Crippen LogP contribution in [0.3, 0.4) is 0 Å². The highest BCUT2D eigenvalue weighted by atomic mass is 19.1. The van der Waals surface area contributed by atoms with Crippen molar-refractivity contribution in [3.8, 4) is 6.07 Å². The van der Waals surface area contributed by atoms with Crippen molar-refractivity contribution in [1.82, 2.24) is 0 Å². The average Bonchev–Trinajstić information content (AvgIpc) is 2.47. The van der Waals surface area contributed by atoms with Gasteiger partial charge in [-0.25, -0.2) is 4.39 Å². The zero-order valence-corrected chi connectivity index (χ0v) is 11.9. The van der Waals surface area contributed by atoms with Crippen molar-refractivity contribution >= 4 is 5.69 Å². The smallest absolute Gasteiger partial charge is 0.146 e. The molecule has 106 valence electrons. The van der Waals surface area contributed by atoms with Gasteiger partial charge in [0.15, 0.2) is 0 Å². The van der Waals surface area contributed by atoms with Crippen LogP contribution in [0.15, 0.2) is 48.5 Å². The molecule has 0 atom stereocenters. The number of nitrogens with zero attached hydrogens (tertiary/aromatic N) is 1. The van der Waals surface area contributed by atoms with Crippen LogP contribution in [0.25, 0.3) is 0 Å². The molecule has 0 heterocycles. The van der Waals surface area contributed by atoms with Gasteiger partial charge in [0.1, 0.15) is 5.82 Å². The highest BCUT2D eigenvalue weighted by Crippen LogP contribution is 2.44. The standard InChI is InChI=1S/C18H17FN2/c1-13-7-8-16(19)17(9-13)21-15-10-18(11-15,12-20)14-5-3-2-4-6-14/h2-9,15,21H,10-11H2,1H3. The molecule has 1 saturated carbocycles. The summed E-state index contributed by atoms with van der Waals surface area (Å²) in [5, 5.41) is 12.7. The molecule has 0 bridgehead atoms. The zero-order chi connectivity index (χ0) is 14.9. The molecule has 1 N–H and O–H groups in total. The predicted octanol–water partition coefficient (Wildman–Crippen LogP) is 4.17. The zero-order valence-electron chi connectivity index (χ0n) is 11.9. The van der Waals surface area contributed by atoms with Gasteiger partial charge >= 0.3 is 0 Å². The lowest BCUT2D eigenvalue weighted by Crippen LogP contribution is -2.47. The minimum absolute atomic E-state index is 0.140. The van der Waals surface area contributed by atoms with Gasteiger partial charge in [-0.15, -0.1) is 0 Å². The third kappa shape index (κ3) is 2.50. The summed E-state index contributed by atoms with van der Waals surface area (Å²) in [5.41, 5.74) is 2.17. The van der Waals surface area contributed by atoms with Crippen LogP contribution in [0.2, 0.25) is 0 Å². The first-order valence-electron chi connectivity index (χ1n) is 7.12. The van der Waals surface area contributed by atoms with Crippen molar-refractivity contribution in [2.24, 2.45) is 0 Å². The SMILES string of the molecule is Cc1ccc(F)c(NC2CC(C#N)(c3ccccc3)C2)c1. The number of nitriles is 1. The number of nitrogens with one attached hydrogen (secondary N) is 1. The number of aryl methyl sites for hydroxylation is 1. The van der Waals surface area contributed by atoms with Gasteiger partial charge in [0.25, 0.3) is 0 Å². The molecule has 0 aliphatic heterocycles. The summed E-state index contributed by atoms with van der Waals surface area (Å²) in [4.78, 5) is 0. The van der Waals surface area contributed by atoms with Crippen LogP contribution in [-0.2, 0) is 5.41 Å². The van der Waals surface area contributed by atoms with E-state index in [9.17, 15) is 9.65 Å². The summed E-state index contributed by atoms with van der Waals surface area (Å²) in [6.45, 7) is 1.94. The van der Waals surface area contributed by atoms with E-state index in [-0.39, 0.29) is 11.9 Å². The van der Waals surface area contributed by atoms with Gasteiger partial charge in [-0.05, 0) is 43.0 Å². The second-order valence-corrected chi connectivity index (χ2v) is 5.79. The van der Waals surface area contributed by atoms with E-state index in [2.05, 4.69) is 11.4 Å². The molecule has 3 rings (SSSR count). The van der Waals surface area contributed by atoms with Crippen LogP contribution in [-0.4, -0.2) is 6.04 Å². The molecule has 2 aromatic carbocycles. The Morgan fingerprint density at radius 1 is 1.19 bits per heavy atom. The summed E-state index contributed by atoms with van der Waals surface area (Å²) >= 11 is 0. The molecule has 1 aliphatic carbocycles. The molecule has 0 saturated heterocycles. The van der Waals surface area contributed by atoms with E-state index in [0.717, 1.165) is 11.1 Å². The summed E-state index contributed by atoms with van der Waals surface area (Å²) in [6.07, 6.45) is 1.42. The van der Waals surface area contributed by atoms with Crippen LogP contribution in [0, 0.1) is 24.1 Å². The Kier molecular flexibility index (Phi) is 3.39. The largest absolute Gasteiger partial charge is 0.380 e. The summed E-state index contributed by atoms with van der Waals surface area (Å²) in [5.74, 6) is -0.241. The van der Waals surface area contributed by atoms with Gasteiger partial charge in [-0.3, -0.25) is 0 Å². The Labute approximate surface area is 124 Å². The fourth-order valence-corrected chi connectivity index (χ4v) is 3.00. The molecule has 0 aromatic heterocycles. The Morgan fingerprint density at radius 2 is 1.90 bits per heavy atom. The molecule has 0 unspecified atom stereocenters. The fourth-order valence-electron chi connectivity index (χ4n) is 3.00. The first-order valence-corrected chi connectivity index (χ1v) is 7.12. The maximum atomic E-state index is 13.8. The summed E-state index contributed by atoms with van der Waals surface area (Å²) in [7, 11) is 0.